The van der Waals surface area contributed by atoms with Gasteiger partial charge in [0.15, 0.2) is 0 Å². The summed E-state index contributed by atoms with van der Waals surface area (Å²) in [4.78, 5) is 4.44. The van der Waals surface area contributed by atoms with Crippen LogP contribution < -0.4 is 5.73 Å². The van der Waals surface area contributed by atoms with Crippen molar-refractivity contribution in [1.82, 2.24) is 4.98 Å². The lowest BCUT2D eigenvalue weighted by molar-refractivity contribution is -0.00603. The van der Waals surface area contributed by atoms with Gasteiger partial charge in [0.1, 0.15) is 11.4 Å². The zero-order chi connectivity index (χ0) is 10.9. The Hall–Kier alpha value is -0.870. The lowest BCUT2D eigenvalue weighted by Gasteiger charge is -2.18. The van der Waals surface area contributed by atoms with Gasteiger partial charge in [-0.2, -0.15) is 0 Å². The summed E-state index contributed by atoms with van der Waals surface area (Å²) in [6, 6.07) is 0. The zero-order valence-electron chi connectivity index (χ0n) is 9.38. The molecular formula is C11H18N2O2. The fraction of sp³-hybridized carbons (Fsp3) is 0.727. The van der Waals surface area contributed by atoms with E-state index in [1.807, 2.05) is 13.8 Å². The number of oxazole rings is 1. The van der Waals surface area contributed by atoms with Gasteiger partial charge in [0, 0.05) is 13.0 Å². The molecule has 84 valence electrons. The fourth-order valence-corrected chi connectivity index (χ4v) is 1.97. The highest BCUT2D eigenvalue weighted by Crippen LogP contribution is 2.35. The van der Waals surface area contributed by atoms with Crippen LogP contribution in [0.15, 0.2) is 4.42 Å². The third kappa shape index (κ3) is 1.92. The molecule has 2 rings (SSSR count). The normalized spacial score (nSPS) is 26.1. The first-order chi connectivity index (χ1) is 7.15. The van der Waals surface area contributed by atoms with Gasteiger partial charge in [0.2, 0.25) is 5.89 Å². The summed E-state index contributed by atoms with van der Waals surface area (Å²) in [5.41, 5.74) is 6.12. The number of aromatic nitrogens is 1. The zero-order valence-corrected chi connectivity index (χ0v) is 9.38. The number of ether oxygens (including phenoxy) is 1. The number of hydrogen-bond donors (Lipinski definition) is 1. The second-order valence-electron chi connectivity index (χ2n) is 4.25. The summed E-state index contributed by atoms with van der Waals surface area (Å²) >= 11 is 0. The largest absolute Gasteiger partial charge is 0.442 e. The van der Waals surface area contributed by atoms with Gasteiger partial charge in [-0.3, -0.25) is 0 Å². The molecule has 0 amide bonds. The van der Waals surface area contributed by atoms with E-state index in [2.05, 4.69) is 4.98 Å². The molecule has 1 atom stereocenters. The first-order valence-corrected chi connectivity index (χ1v) is 5.46. The predicted octanol–water partition coefficient (Wildman–Crippen LogP) is 1.51. The van der Waals surface area contributed by atoms with Crippen LogP contribution in [-0.2, 0) is 16.8 Å². The van der Waals surface area contributed by atoms with Gasteiger partial charge in [0.25, 0.3) is 0 Å². The Labute approximate surface area is 89.8 Å². The van der Waals surface area contributed by atoms with E-state index in [-0.39, 0.29) is 5.60 Å². The van der Waals surface area contributed by atoms with Crippen molar-refractivity contribution in [2.45, 2.75) is 38.7 Å². The van der Waals surface area contributed by atoms with Crippen molar-refractivity contribution in [1.29, 1.82) is 0 Å². The molecule has 4 nitrogen and oxygen atoms in total. The lowest BCUT2D eigenvalue weighted by Crippen LogP contribution is -2.20. The summed E-state index contributed by atoms with van der Waals surface area (Å²) in [7, 11) is 0. The molecule has 0 aliphatic carbocycles. The molecule has 0 radical (unpaired) electrons. The van der Waals surface area contributed by atoms with Crippen LogP contribution in [0, 0.1) is 6.92 Å². The Bertz CT molecular complexity index is 340. The number of hydrogen-bond acceptors (Lipinski definition) is 4. The topological polar surface area (TPSA) is 61.3 Å². The summed E-state index contributed by atoms with van der Waals surface area (Å²) in [5.74, 6) is 1.60. The highest BCUT2D eigenvalue weighted by molar-refractivity contribution is 5.12. The third-order valence-electron chi connectivity index (χ3n) is 2.94. The van der Waals surface area contributed by atoms with Crippen molar-refractivity contribution in [2.75, 3.05) is 13.2 Å². The second-order valence-corrected chi connectivity index (χ2v) is 4.25. The van der Waals surface area contributed by atoms with Gasteiger partial charge in [-0.15, -0.1) is 0 Å². The molecule has 1 aromatic rings. The maximum Gasteiger partial charge on any atom is 0.226 e. The monoisotopic (exact) mass is 210 g/mol. The Morgan fingerprint density at radius 2 is 2.33 bits per heavy atom. The van der Waals surface area contributed by atoms with Crippen LogP contribution >= 0.6 is 0 Å². The van der Waals surface area contributed by atoms with Gasteiger partial charge < -0.3 is 14.9 Å². The molecule has 1 aliphatic heterocycles. The number of nitrogens with zero attached hydrogens (tertiary/aromatic N) is 1. The fourth-order valence-electron chi connectivity index (χ4n) is 1.97. The molecule has 1 aromatic heterocycles. The van der Waals surface area contributed by atoms with Crippen LogP contribution in [0.5, 0.6) is 0 Å². The Kier molecular flexibility index (Phi) is 2.80. The van der Waals surface area contributed by atoms with Crippen molar-refractivity contribution in [2.24, 2.45) is 5.73 Å². The summed E-state index contributed by atoms with van der Waals surface area (Å²) in [6.45, 7) is 5.38. The van der Waals surface area contributed by atoms with Crippen molar-refractivity contribution in [3.63, 3.8) is 0 Å². The van der Waals surface area contributed by atoms with E-state index in [1.54, 1.807) is 0 Å². The lowest BCUT2D eigenvalue weighted by atomic mass is 10.0. The van der Waals surface area contributed by atoms with Gasteiger partial charge in [-0.05, 0) is 33.2 Å². The van der Waals surface area contributed by atoms with Crippen molar-refractivity contribution >= 4 is 0 Å². The van der Waals surface area contributed by atoms with Crippen molar-refractivity contribution in [3.8, 4) is 0 Å². The summed E-state index contributed by atoms with van der Waals surface area (Å²) in [5, 5.41) is 0. The molecule has 0 bridgehead atoms. The predicted molar refractivity (Wildman–Crippen MR) is 56.5 cm³/mol. The van der Waals surface area contributed by atoms with Gasteiger partial charge in [0.05, 0.1) is 5.69 Å². The van der Waals surface area contributed by atoms with E-state index in [0.29, 0.717) is 12.4 Å². The molecule has 1 saturated heterocycles. The van der Waals surface area contributed by atoms with E-state index < -0.39 is 0 Å². The summed E-state index contributed by atoms with van der Waals surface area (Å²) in [6.07, 6.45) is 2.80. The minimum atomic E-state index is -0.322. The average molecular weight is 210 g/mol. The maximum absolute atomic E-state index is 5.73. The molecule has 1 fully saturated rings. The smallest absolute Gasteiger partial charge is 0.226 e. The molecular weight excluding hydrogens is 192 g/mol. The van der Waals surface area contributed by atoms with Crippen molar-refractivity contribution < 1.29 is 9.15 Å². The van der Waals surface area contributed by atoms with Crippen LogP contribution in [-0.4, -0.2) is 18.1 Å². The minimum Gasteiger partial charge on any atom is -0.442 e. The van der Waals surface area contributed by atoms with E-state index in [0.717, 1.165) is 37.3 Å². The molecule has 1 aliphatic rings. The number of rotatable bonds is 3. The highest BCUT2D eigenvalue weighted by atomic mass is 16.5. The first-order valence-electron chi connectivity index (χ1n) is 5.46. The van der Waals surface area contributed by atoms with Crippen LogP contribution in [0.2, 0.25) is 0 Å². The Balaban J connectivity index is 2.25. The maximum atomic E-state index is 5.73. The molecule has 0 spiro atoms. The minimum absolute atomic E-state index is 0.322. The van der Waals surface area contributed by atoms with Crippen LogP contribution in [0.1, 0.15) is 37.1 Å². The molecule has 2 N–H and O–H groups in total. The first kappa shape index (κ1) is 10.6. The number of nitrogens with two attached hydrogens (primary N) is 1. The standard InChI is InChI=1S/C11H18N2O2/c1-8-9(4-6-12)15-10(13-8)11(2)5-3-7-14-11/h3-7,12H2,1-2H3. The SMILES string of the molecule is Cc1nc(C2(C)CCCO2)oc1CCN. The Morgan fingerprint density at radius 1 is 1.53 bits per heavy atom. The Morgan fingerprint density at radius 3 is 2.93 bits per heavy atom. The van der Waals surface area contributed by atoms with E-state index >= 15 is 0 Å². The molecule has 0 aromatic carbocycles. The van der Waals surface area contributed by atoms with E-state index in [4.69, 9.17) is 14.9 Å². The van der Waals surface area contributed by atoms with Crippen LogP contribution in [0.3, 0.4) is 0 Å². The molecule has 15 heavy (non-hydrogen) atoms. The highest BCUT2D eigenvalue weighted by Gasteiger charge is 2.37. The van der Waals surface area contributed by atoms with Crippen LogP contribution in [0.4, 0.5) is 0 Å². The molecule has 2 heterocycles. The average Bonchev–Trinajstić information content (AvgIpc) is 2.76. The quantitative estimate of drug-likeness (QED) is 0.821. The van der Waals surface area contributed by atoms with Crippen molar-refractivity contribution in [3.05, 3.63) is 17.3 Å². The van der Waals surface area contributed by atoms with Crippen LogP contribution in [0.25, 0.3) is 0 Å². The van der Waals surface area contributed by atoms with Gasteiger partial charge in [-0.25, -0.2) is 4.98 Å². The second kappa shape index (κ2) is 3.94. The van der Waals surface area contributed by atoms with E-state index in [9.17, 15) is 0 Å². The van der Waals surface area contributed by atoms with E-state index in [1.165, 1.54) is 0 Å². The van der Waals surface area contributed by atoms with Gasteiger partial charge >= 0.3 is 0 Å². The molecule has 4 heteroatoms. The number of aryl methyl sites for hydroxylation is 1. The summed E-state index contributed by atoms with van der Waals surface area (Å²) < 4.78 is 11.4. The third-order valence-corrected chi connectivity index (χ3v) is 2.94. The van der Waals surface area contributed by atoms with Gasteiger partial charge in [-0.1, -0.05) is 0 Å². The molecule has 0 saturated carbocycles. The molecule has 1 unspecified atom stereocenters.